The molecule has 1 heterocycles. The van der Waals surface area contributed by atoms with E-state index in [1.165, 1.54) is 0 Å². The zero-order valence-corrected chi connectivity index (χ0v) is 10.9. The van der Waals surface area contributed by atoms with Gasteiger partial charge in [-0.25, -0.2) is 4.79 Å². The molecular formula is C12H22N2O4. The number of urea groups is 1. The molecule has 0 aromatic carbocycles. The second-order valence-electron chi connectivity index (χ2n) is 4.99. The van der Waals surface area contributed by atoms with Crippen molar-refractivity contribution in [1.29, 1.82) is 0 Å². The Labute approximate surface area is 107 Å². The van der Waals surface area contributed by atoms with Crippen LogP contribution < -0.4 is 5.32 Å². The number of nitrogens with one attached hydrogen (secondary N) is 1. The molecule has 0 radical (unpaired) electrons. The number of aliphatic carboxylic acids is 1. The molecule has 0 saturated carbocycles. The molecule has 1 aliphatic rings. The number of likely N-dealkylation sites (tertiary alicyclic amines) is 1. The Morgan fingerprint density at radius 2 is 1.89 bits per heavy atom. The molecule has 0 aromatic rings. The molecule has 0 aliphatic carbocycles. The van der Waals surface area contributed by atoms with Crippen LogP contribution in [-0.4, -0.2) is 52.9 Å². The molecule has 1 aliphatic heterocycles. The summed E-state index contributed by atoms with van der Waals surface area (Å²) in [5, 5.41) is 20.8. The van der Waals surface area contributed by atoms with Crippen LogP contribution in [0, 0.1) is 11.8 Å². The van der Waals surface area contributed by atoms with Crippen molar-refractivity contribution in [2.24, 2.45) is 11.8 Å². The van der Waals surface area contributed by atoms with E-state index in [-0.39, 0.29) is 24.6 Å². The van der Waals surface area contributed by atoms with Crippen LogP contribution >= 0.6 is 0 Å². The summed E-state index contributed by atoms with van der Waals surface area (Å²) in [7, 11) is 0. The largest absolute Gasteiger partial charge is 0.481 e. The first kappa shape index (κ1) is 14.8. The number of aliphatic hydroxyl groups excluding tert-OH is 1. The summed E-state index contributed by atoms with van der Waals surface area (Å²) in [4.78, 5) is 24.0. The lowest BCUT2D eigenvalue weighted by molar-refractivity contribution is -0.140. The lowest BCUT2D eigenvalue weighted by Gasteiger charge is -2.33. The van der Waals surface area contributed by atoms with E-state index in [4.69, 9.17) is 5.11 Å². The molecule has 1 rings (SSSR count). The number of amides is 2. The van der Waals surface area contributed by atoms with Gasteiger partial charge in [0.05, 0.1) is 12.0 Å². The van der Waals surface area contributed by atoms with E-state index >= 15 is 0 Å². The van der Waals surface area contributed by atoms with Crippen LogP contribution in [0.2, 0.25) is 0 Å². The van der Waals surface area contributed by atoms with Gasteiger partial charge < -0.3 is 20.4 Å². The van der Waals surface area contributed by atoms with E-state index in [0.717, 1.165) is 12.8 Å². The summed E-state index contributed by atoms with van der Waals surface area (Å²) < 4.78 is 0. The maximum atomic E-state index is 11.8. The third kappa shape index (κ3) is 4.18. The lowest BCUT2D eigenvalue weighted by atomic mass is 9.92. The van der Waals surface area contributed by atoms with E-state index in [9.17, 15) is 14.7 Å². The van der Waals surface area contributed by atoms with Gasteiger partial charge in [0.15, 0.2) is 0 Å². The third-order valence-electron chi connectivity index (χ3n) is 3.49. The molecule has 1 saturated heterocycles. The smallest absolute Gasteiger partial charge is 0.317 e. The number of carboxylic acid groups (broad SMARTS) is 1. The minimum Gasteiger partial charge on any atom is -0.481 e. The summed E-state index contributed by atoms with van der Waals surface area (Å²) in [6.07, 6.45) is 1.25. The fourth-order valence-electron chi connectivity index (χ4n) is 2.02. The molecule has 104 valence electrons. The maximum absolute atomic E-state index is 11.8. The van der Waals surface area contributed by atoms with Crippen LogP contribution in [0.5, 0.6) is 0 Å². The maximum Gasteiger partial charge on any atom is 0.317 e. The topological polar surface area (TPSA) is 89.9 Å². The van der Waals surface area contributed by atoms with Crippen molar-refractivity contribution in [3.05, 3.63) is 0 Å². The number of piperidine rings is 1. The van der Waals surface area contributed by atoms with E-state index in [1.807, 2.05) is 0 Å². The first-order valence-corrected chi connectivity index (χ1v) is 6.35. The highest BCUT2D eigenvalue weighted by Gasteiger charge is 2.25. The second-order valence-corrected chi connectivity index (χ2v) is 4.99. The molecular weight excluding hydrogens is 236 g/mol. The van der Waals surface area contributed by atoms with Gasteiger partial charge in [-0.1, -0.05) is 6.92 Å². The predicted octanol–water partition coefficient (Wildman–Crippen LogP) is 0.509. The summed E-state index contributed by atoms with van der Waals surface area (Å²) in [5.74, 6) is -1.24. The van der Waals surface area contributed by atoms with Crippen LogP contribution in [0.1, 0.15) is 26.7 Å². The standard InChI is InChI=1S/C12H22N2O4/c1-8(11(16)17)7-13-12(18)14-5-3-10(4-6-14)9(2)15/h8-10,15H,3-7H2,1-2H3,(H,13,18)(H,16,17). The number of rotatable bonds is 4. The number of carbonyl (C=O) groups excluding carboxylic acids is 1. The molecule has 0 aromatic heterocycles. The lowest BCUT2D eigenvalue weighted by Crippen LogP contribution is -2.47. The monoisotopic (exact) mass is 258 g/mol. The van der Waals surface area contributed by atoms with Gasteiger partial charge in [-0.2, -0.15) is 0 Å². The highest BCUT2D eigenvalue weighted by Crippen LogP contribution is 2.20. The van der Waals surface area contributed by atoms with Crippen LogP contribution in [0.3, 0.4) is 0 Å². The zero-order chi connectivity index (χ0) is 13.7. The molecule has 0 spiro atoms. The minimum absolute atomic E-state index is 0.143. The van der Waals surface area contributed by atoms with E-state index in [2.05, 4.69) is 5.32 Å². The summed E-state index contributed by atoms with van der Waals surface area (Å²) in [5.41, 5.74) is 0. The van der Waals surface area contributed by atoms with Crippen LogP contribution in [0.25, 0.3) is 0 Å². The van der Waals surface area contributed by atoms with Crippen molar-refractivity contribution < 1.29 is 19.8 Å². The van der Waals surface area contributed by atoms with Crippen LogP contribution in [0.15, 0.2) is 0 Å². The first-order chi connectivity index (χ1) is 8.41. The molecule has 2 unspecified atom stereocenters. The SMILES string of the molecule is CC(CNC(=O)N1CCC(C(C)O)CC1)C(=O)O. The van der Waals surface area contributed by atoms with Crippen molar-refractivity contribution in [3.63, 3.8) is 0 Å². The van der Waals surface area contributed by atoms with Crippen molar-refractivity contribution in [2.45, 2.75) is 32.8 Å². The first-order valence-electron chi connectivity index (χ1n) is 6.35. The average molecular weight is 258 g/mol. The van der Waals surface area contributed by atoms with Gasteiger partial charge in [-0.3, -0.25) is 4.79 Å². The zero-order valence-electron chi connectivity index (χ0n) is 10.9. The third-order valence-corrected chi connectivity index (χ3v) is 3.49. The fourth-order valence-corrected chi connectivity index (χ4v) is 2.02. The minimum atomic E-state index is -0.914. The summed E-state index contributed by atoms with van der Waals surface area (Å²) in [6, 6.07) is -0.216. The molecule has 18 heavy (non-hydrogen) atoms. The summed E-state index contributed by atoms with van der Waals surface area (Å²) >= 11 is 0. The number of nitrogens with zero attached hydrogens (tertiary/aromatic N) is 1. The van der Waals surface area contributed by atoms with Crippen LogP contribution in [0.4, 0.5) is 4.79 Å². The van der Waals surface area contributed by atoms with Crippen LogP contribution in [-0.2, 0) is 4.79 Å². The van der Waals surface area contributed by atoms with Gasteiger partial charge in [-0.15, -0.1) is 0 Å². The van der Waals surface area contributed by atoms with Crippen molar-refractivity contribution in [1.82, 2.24) is 10.2 Å². The molecule has 2 amide bonds. The predicted molar refractivity (Wildman–Crippen MR) is 66.2 cm³/mol. The Morgan fingerprint density at radius 1 is 1.33 bits per heavy atom. The van der Waals surface area contributed by atoms with Gasteiger partial charge in [0, 0.05) is 19.6 Å². The Kier molecular flexibility index (Phi) is 5.40. The Hall–Kier alpha value is -1.30. The van der Waals surface area contributed by atoms with Gasteiger partial charge in [-0.05, 0) is 25.7 Å². The van der Waals surface area contributed by atoms with Crippen molar-refractivity contribution >= 4 is 12.0 Å². The molecule has 6 heteroatoms. The van der Waals surface area contributed by atoms with Gasteiger partial charge >= 0.3 is 12.0 Å². The van der Waals surface area contributed by atoms with Gasteiger partial charge in [0.2, 0.25) is 0 Å². The Morgan fingerprint density at radius 3 is 2.33 bits per heavy atom. The van der Waals surface area contributed by atoms with Gasteiger partial charge in [0.1, 0.15) is 0 Å². The summed E-state index contributed by atoms with van der Waals surface area (Å²) in [6.45, 7) is 4.70. The highest BCUT2D eigenvalue weighted by atomic mass is 16.4. The van der Waals surface area contributed by atoms with Crippen molar-refractivity contribution in [3.8, 4) is 0 Å². The second kappa shape index (κ2) is 6.58. The van der Waals surface area contributed by atoms with E-state index in [0.29, 0.717) is 13.1 Å². The molecule has 2 atom stereocenters. The highest BCUT2D eigenvalue weighted by molar-refractivity contribution is 5.76. The Bertz CT molecular complexity index is 298. The quantitative estimate of drug-likeness (QED) is 0.685. The molecule has 0 bridgehead atoms. The van der Waals surface area contributed by atoms with Gasteiger partial charge in [0.25, 0.3) is 0 Å². The average Bonchev–Trinajstić information content (AvgIpc) is 2.35. The number of carbonyl (C=O) groups is 2. The van der Waals surface area contributed by atoms with E-state index in [1.54, 1.807) is 18.7 Å². The van der Waals surface area contributed by atoms with Crippen molar-refractivity contribution in [2.75, 3.05) is 19.6 Å². The number of hydrogen-bond acceptors (Lipinski definition) is 3. The molecule has 6 nitrogen and oxygen atoms in total. The van der Waals surface area contributed by atoms with E-state index < -0.39 is 11.9 Å². The molecule has 3 N–H and O–H groups in total. The fraction of sp³-hybridized carbons (Fsp3) is 0.833. The normalized spacial score (nSPS) is 20.3. The molecule has 1 fully saturated rings. The number of carboxylic acids is 1. The number of aliphatic hydroxyl groups is 1. The Balaban J connectivity index is 2.30. The number of hydrogen-bond donors (Lipinski definition) is 3.